The van der Waals surface area contributed by atoms with Crippen LogP contribution in [0.5, 0.6) is 0 Å². The second-order valence-corrected chi connectivity index (χ2v) is 6.58. The van der Waals surface area contributed by atoms with Crippen molar-refractivity contribution in [1.82, 2.24) is 4.72 Å². The number of hydrogen-bond donors (Lipinski definition) is 3. The van der Waals surface area contributed by atoms with Gasteiger partial charge in [0.1, 0.15) is 4.90 Å². The predicted octanol–water partition coefficient (Wildman–Crippen LogP) is 1.34. The zero-order chi connectivity index (χ0) is 15.5. The first-order valence-electron chi connectivity index (χ1n) is 5.58. The van der Waals surface area contributed by atoms with Gasteiger partial charge >= 0.3 is 5.97 Å². The number of carbonyl (C=O) groups is 1. The number of aliphatic hydroxyl groups is 1. The van der Waals surface area contributed by atoms with Crippen LogP contribution in [0, 0.1) is 5.82 Å². The average molecular weight is 370 g/mol. The first kappa shape index (κ1) is 17.0. The van der Waals surface area contributed by atoms with Crippen molar-refractivity contribution in [3.05, 3.63) is 28.0 Å². The third-order valence-electron chi connectivity index (χ3n) is 2.56. The molecule has 20 heavy (non-hydrogen) atoms. The van der Waals surface area contributed by atoms with Crippen LogP contribution in [0.15, 0.2) is 21.5 Å². The second-order valence-electron chi connectivity index (χ2n) is 3.98. The quantitative estimate of drug-likeness (QED) is 0.701. The number of nitrogens with one attached hydrogen (secondary N) is 1. The van der Waals surface area contributed by atoms with Crippen LogP contribution in [-0.4, -0.2) is 37.2 Å². The number of halogens is 2. The van der Waals surface area contributed by atoms with Crippen molar-refractivity contribution in [3.63, 3.8) is 0 Å². The molecule has 0 spiro atoms. The molecule has 0 aliphatic carbocycles. The summed E-state index contributed by atoms with van der Waals surface area (Å²) in [4.78, 5) is 10.1. The van der Waals surface area contributed by atoms with E-state index in [4.69, 9.17) is 10.2 Å². The molecule has 9 heteroatoms. The fraction of sp³-hybridized carbons (Fsp3) is 0.364. The Morgan fingerprint density at radius 1 is 1.50 bits per heavy atom. The molecule has 1 aromatic carbocycles. The van der Waals surface area contributed by atoms with Crippen LogP contribution in [-0.2, 0) is 10.0 Å². The zero-order valence-corrected chi connectivity index (χ0v) is 12.8. The van der Waals surface area contributed by atoms with Gasteiger partial charge in [0.25, 0.3) is 0 Å². The van der Waals surface area contributed by atoms with Crippen LogP contribution < -0.4 is 4.72 Å². The van der Waals surface area contributed by atoms with Gasteiger partial charge < -0.3 is 10.2 Å². The Hall–Kier alpha value is -1.03. The van der Waals surface area contributed by atoms with E-state index in [1.54, 1.807) is 6.92 Å². The summed E-state index contributed by atoms with van der Waals surface area (Å²) in [5.74, 6) is -2.92. The van der Waals surface area contributed by atoms with Crippen molar-refractivity contribution in [2.45, 2.75) is 24.3 Å². The summed E-state index contributed by atoms with van der Waals surface area (Å²) >= 11 is 2.94. The van der Waals surface area contributed by atoms with Gasteiger partial charge in [-0.05, 0) is 18.6 Å². The lowest BCUT2D eigenvalue weighted by Gasteiger charge is -2.15. The van der Waals surface area contributed by atoms with E-state index in [1.807, 2.05) is 0 Å². The van der Waals surface area contributed by atoms with Crippen molar-refractivity contribution in [2.24, 2.45) is 0 Å². The highest BCUT2D eigenvalue weighted by atomic mass is 79.9. The first-order valence-corrected chi connectivity index (χ1v) is 7.86. The van der Waals surface area contributed by atoms with Crippen molar-refractivity contribution in [3.8, 4) is 0 Å². The molecule has 0 heterocycles. The summed E-state index contributed by atoms with van der Waals surface area (Å²) in [7, 11) is -4.27. The molecule has 0 amide bonds. The third-order valence-corrected chi connectivity index (χ3v) is 4.54. The Labute approximate surface area is 123 Å². The van der Waals surface area contributed by atoms with Gasteiger partial charge in [0.05, 0.1) is 12.2 Å². The second kappa shape index (κ2) is 6.61. The van der Waals surface area contributed by atoms with Crippen LogP contribution in [0.1, 0.15) is 23.7 Å². The largest absolute Gasteiger partial charge is 0.478 e. The Morgan fingerprint density at radius 3 is 2.55 bits per heavy atom. The number of rotatable bonds is 6. The van der Waals surface area contributed by atoms with Crippen molar-refractivity contribution < 1.29 is 27.8 Å². The number of aliphatic hydroxyl groups excluding tert-OH is 1. The summed E-state index contributed by atoms with van der Waals surface area (Å²) in [5.41, 5.74) is -0.753. The van der Waals surface area contributed by atoms with E-state index in [-0.39, 0.29) is 4.47 Å². The molecule has 112 valence electrons. The normalized spacial score (nSPS) is 13.2. The van der Waals surface area contributed by atoms with Gasteiger partial charge in [-0.15, -0.1) is 0 Å². The Kier molecular flexibility index (Phi) is 5.63. The van der Waals surface area contributed by atoms with E-state index in [9.17, 15) is 17.6 Å². The molecule has 0 saturated carbocycles. The van der Waals surface area contributed by atoms with E-state index in [1.165, 1.54) is 0 Å². The van der Waals surface area contributed by atoms with Crippen LogP contribution in [0.25, 0.3) is 0 Å². The zero-order valence-electron chi connectivity index (χ0n) is 10.4. The predicted molar refractivity (Wildman–Crippen MR) is 72.5 cm³/mol. The Balaban J connectivity index is 3.35. The van der Waals surface area contributed by atoms with E-state index >= 15 is 0 Å². The molecule has 1 atom stereocenters. The van der Waals surface area contributed by atoms with Crippen molar-refractivity contribution in [1.29, 1.82) is 0 Å². The maximum Gasteiger partial charge on any atom is 0.338 e. The van der Waals surface area contributed by atoms with Crippen molar-refractivity contribution >= 4 is 31.9 Å². The first-order chi connectivity index (χ1) is 9.22. The summed E-state index contributed by atoms with van der Waals surface area (Å²) in [6.07, 6.45) is 0.303. The summed E-state index contributed by atoms with van der Waals surface area (Å²) < 4.78 is 40.3. The maximum atomic E-state index is 14.0. The van der Waals surface area contributed by atoms with E-state index < -0.39 is 44.9 Å². The van der Waals surface area contributed by atoms with Crippen molar-refractivity contribution in [2.75, 3.05) is 6.61 Å². The molecule has 0 bridgehead atoms. The molecule has 1 rings (SSSR count). The van der Waals surface area contributed by atoms with Crippen LogP contribution in [0.4, 0.5) is 4.39 Å². The minimum Gasteiger partial charge on any atom is -0.478 e. The minimum absolute atomic E-state index is 0.119. The summed E-state index contributed by atoms with van der Waals surface area (Å²) in [6, 6.07) is 1.17. The number of carboxylic acid groups (broad SMARTS) is 1. The van der Waals surface area contributed by atoms with Crippen LogP contribution in [0.2, 0.25) is 0 Å². The molecule has 1 aromatic rings. The SMILES string of the molecule is CC[C@@H](CO)NS(=O)(=O)c1cc(Br)cc(C(=O)O)c1F. The van der Waals surface area contributed by atoms with Gasteiger partial charge in [0, 0.05) is 10.5 Å². The smallest absolute Gasteiger partial charge is 0.338 e. The topological polar surface area (TPSA) is 104 Å². The van der Waals surface area contributed by atoms with Crippen LogP contribution in [0.3, 0.4) is 0 Å². The van der Waals surface area contributed by atoms with E-state index in [2.05, 4.69) is 20.7 Å². The van der Waals surface area contributed by atoms with Gasteiger partial charge in [-0.3, -0.25) is 0 Å². The van der Waals surface area contributed by atoms with Gasteiger partial charge in [-0.2, -0.15) is 0 Å². The molecule has 0 aromatic heterocycles. The van der Waals surface area contributed by atoms with Gasteiger partial charge in [0.2, 0.25) is 10.0 Å². The average Bonchev–Trinajstić information content (AvgIpc) is 2.37. The molecule has 0 fully saturated rings. The molecule has 3 N–H and O–H groups in total. The number of sulfonamides is 1. The maximum absolute atomic E-state index is 14.0. The summed E-state index contributed by atoms with van der Waals surface area (Å²) in [6.45, 7) is 1.19. The lowest BCUT2D eigenvalue weighted by molar-refractivity contribution is 0.0691. The third kappa shape index (κ3) is 3.75. The molecule has 0 radical (unpaired) electrons. The summed E-state index contributed by atoms with van der Waals surface area (Å²) in [5, 5.41) is 17.8. The molecule has 6 nitrogen and oxygen atoms in total. The fourth-order valence-electron chi connectivity index (χ4n) is 1.45. The number of benzene rings is 1. The standard InChI is InChI=1S/C11H13BrFNO5S/c1-2-7(5-15)14-20(18,19)9-4-6(12)3-8(10(9)13)11(16)17/h3-4,7,14-15H,2,5H2,1H3,(H,16,17)/t7-/m0/s1. The van der Waals surface area contributed by atoms with Gasteiger partial charge in [-0.25, -0.2) is 22.3 Å². The van der Waals surface area contributed by atoms with E-state index in [0.29, 0.717) is 6.42 Å². The highest BCUT2D eigenvalue weighted by molar-refractivity contribution is 9.10. The lowest BCUT2D eigenvalue weighted by Crippen LogP contribution is -2.37. The lowest BCUT2D eigenvalue weighted by atomic mass is 10.2. The molecule has 0 saturated heterocycles. The molecule has 0 aliphatic heterocycles. The number of carboxylic acids is 1. The molecule has 0 aliphatic rings. The Morgan fingerprint density at radius 2 is 2.10 bits per heavy atom. The molecular weight excluding hydrogens is 357 g/mol. The highest BCUT2D eigenvalue weighted by Gasteiger charge is 2.26. The fourth-order valence-corrected chi connectivity index (χ4v) is 3.49. The molecular formula is C11H13BrFNO5S. The number of hydrogen-bond acceptors (Lipinski definition) is 4. The van der Waals surface area contributed by atoms with E-state index in [0.717, 1.165) is 12.1 Å². The van der Waals surface area contributed by atoms with Crippen LogP contribution >= 0.6 is 15.9 Å². The molecule has 0 unspecified atom stereocenters. The Bertz CT molecular complexity index is 615. The minimum atomic E-state index is -4.27. The number of aromatic carboxylic acids is 1. The van der Waals surface area contributed by atoms with Gasteiger partial charge in [-0.1, -0.05) is 22.9 Å². The highest BCUT2D eigenvalue weighted by Crippen LogP contribution is 2.24. The van der Waals surface area contributed by atoms with Gasteiger partial charge in [0.15, 0.2) is 5.82 Å². The monoisotopic (exact) mass is 369 g/mol.